The van der Waals surface area contributed by atoms with Crippen LogP contribution in [0.5, 0.6) is 0 Å². The van der Waals surface area contributed by atoms with Crippen LogP contribution in [0.1, 0.15) is 38.6 Å². The van der Waals surface area contributed by atoms with Crippen molar-refractivity contribution in [2.45, 2.75) is 45.3 Å². The molecule has 5 nitrogen and oxygen atoms in total. The summed E-state index contributed by atoms with van der Waals surface area (Å²) in [7, 11) is 0. The summed E-state index contributed by atoms with van der Waals surface area (Å²) in [5, 5.41) is 4.28. The van der Waals surface area contributed by atoms with Crippen molar-refractivity contribution in [2.24, 2.45) is 0 Å². The Morgan fingerprint density at radius 3 is 2.92 bits per heavy atom. The lowest BCUT2D eigenvalue weighted by Crippen LogP contribution is -2.53. The molecule has 1 saturated heterocycles. The summed E-state index contributed by atoms with van der Waals surface area (Å²) in [6.07, 6.45) is 1.84. The molecule has 0 aliphatic carbocycles. The fourth-order valence-electron chi connectivity index (χ4n) is 3.76. The third-order valence-corrected chi connectivity index (χ3v) is 5.27. The summed E-state index contributed by atoms with van der Waals surface area (Å²) in [5.74, 6) is 0.772. The van der Waals surface area contributed by atoms with E-state index in [-0.39, 0.29) is 24.3 Å². The van der Waals surface area contributed by atoms with Crippen LogP contribution >= 0.6 is 11.6 Å². The van der Waals surface area contributed by atoms with E-state index in [1.54, 1.807) is 22.8 Å². The molecule has 0 spiro atoms. The molecular formula is C19H26ClFN4O. The van der Waals surface area contributed by atoms with Crippen molar-refractivity contribution in [1.29, 1.82) is 0 Å². The predicted octanol–water partition coefficient (Wildman–Crippen LogP) is 3.15. The van der Waals surface area contributed by atoms with Crippen molar-refractivity contribution in [3.05, 3.63) is 39.4 Å². The minimum Gasteiger partial charge on any atom is -0.309 e. The monoisotopic (exact) mass is 380 g/mol. The Labute approximate surface area is 158 Å². The number of aromatic nitrogens is 2. The number of nitrogens with zero attached hydrogens (tertiary/aromatic N) is 3. The molecule has 1 aliphatic rings. The number of hydrogen-bond acceptors (Lipinski definition) is 4. The van der Waals surface area contributed by atoms with Crippen LogP contribution in [-0.4, -0.2) is 46.8 Å². The van der Waals surface area contributed by atoms with Crippen LogP contribution in [0.15, 0.2) is 23.0 Å². The first kappa shape index (κ1) is 19.3. The minimum atomic E-state index is -0.389. The van der Waals surface area contributed by atoms with Crippen LogP contribution < -0.4 is 10.9 Å². The molecule has 1 aromatic heterocycles. The lowest BCUT2D eigenvalue weighted by atomic mass is 10.1. The van der Waals surface area contributed by atoms with E-state index in [1.165, 1.54) is 0 Å². The number of fused-ring (bicyclic) bond motifs is 1. The Morgan fingerprint density at radius 1 is 1.42 bits per heavy atom. The standard InChI is InChI=1S/C19H26ClFN4O/c1-3-5-17(24-9-8-22-14(11-21)12-24)18-23-16-7-6-13(20)10-15(16)19(26)25(18)4-2/h6-7,10,14,17,22H,3-5,8-9,11-12H2,1-2H3/t14-,17+/m1/s1. The fraction of sp³-hybridized carbons (Fsp3) is 0.579. The molecule has 1 fully saturated rings. The van der Waals surface area contributed by atoms with Gasteiger partial charge in [-0.05, 0) is 31.5 Å². The van der Waals surface area contributed by atoms with Gasteiger partial charge in [0.2, 0.25) is 0 Å². The maximum absolute atomic E-state index is 13.2. The summed E-state index contributed by atoms with van der Waals surface area (Å²) in [4.78, 5) is 20.1. The summed E-state index contributed by atoms with van der Waals surface area (Å²) < 4.78 is 14.9. The van der Waals surface area contributed by atoms with Gasteiger partial charge in [0.05, 0.1) is 16.9 Å². The summed E-state index contributed by atoms with van der Waals surface area (Å²) in [6.45, 7) is 6.42. The highest BCUT2D eigenvalue weighted by Gasteiger charge is 2.29. The molecule has 0 bridgehead atoms. The topological polar surface area (TPSA) is 50.2 Å². The van der Waals surface area contributed by atoms with E-state index >= 15 is 0 Å². The number of rotatable bonds is 6. The Bertz CT molecular complexity index is 825. The number of halogens is 2. The molecule has 2 aromatic rings. The molecule has 142 valence electrons. The van der Waals surface area contributed by atoms with Gasteiger partial charge in [-0.25, -0.2) is 9.37 Å². The van der Waals surface area contributed by atoms with Gasteiger partial charge < -0.3 is 5.32 Å². The average molecular weight is 381 g/mol. The van der Waals surface area contributed by atoms with Crippen LogP contribution in [0.25, 0.3) is 10.9 Å². The molecule has 26 heavy (non-hydrogen) atoms. The van der Waals surface area contributed by atoms with Crippen molar-refractivity contribution >= 4 is 22.5 Å². The van der Waals surface area contributed by atoms with Crippen LogP contribution in [0.3, 0.4) is 0 Å². The van der Waals surface area contributed by atoms with Gasteiger partial charge in [0, 0.05) is 37.2 Å². The highest BCUT2D eigenvalue weighted by Crippen LogP contribution is 2.27. The Balaban J connectivity index is 2.10. The number of piperazine rings is 1. The maximum Gasteiger partial charge on any atom is 0.261 e. The Morgan fingerprint density at radius 2 is 2.23 bits per heavy atom. The van der Waals surface area contributed by atoms with E-state index < -0.39 is 0 Å². The van der Waals surface area contributed by atoms with Crippen LogP contribution in [0, 0.1) is 0 Å². The van der Waals surface area contributed by atoms with Crippen LogP contribution in [-0.2, 0) is 6.54 Å². The number of alkyl halides is 1. The molecule has 0 radical (unpaired) electrons. The normalized spacial score (nSPS) is 19.8. The quantitative estimate of drug-likeness (QED) is 0.836. The van der Waals surface area contributed by atoms with Crippen molar-refractivity contribution < 1.29 is 4.39 Å². The van der Waals surface area contributed by atoms with E-state index in [9.17, 15) is 9.18 Å². The summed E-state index contributed by atoms with van der Waals surface area (Å²) in [6, 6.07) is 5.08. The van der Waals surface area contributed by atoms with Crippen molar-refractivity contribution in [2.75, 3.05) is 26.3 Å². The minimum absolute atomic E-state index is 0.00359. The predicted molar refractivity (Wildman–Crippen MR) is 104 cm³/mol. The SMILES string of the molecule is CCC[C@@H](c1nc2ccc(Cl)cc2c(=O)n1CC)N1CCN[C@H](CF)C1. The van der Waals surface area contributed by atoms with Gasteiger partial charge in [0.25, 0.3) is 5.56 Å². The van der Waals surface area contributed by atoms with Crippen molar-refractivity contribution in [3.8, 4) is 0 Å². The summed E-state index contributed by atoms with van der Waals surface area (Å²) >= 11 is 6.07. The van der Waals surface area contributed by atoms with Crippen molar-refractivity contribution in [1.82, 2.24) is 19.8 Å². The number of benzene rings is 1. The molecule has 1 aliphatic heterocycles. The molecule has 1 aromatic carbocycles. The van der Waals surface area contributed by atoms with Gasteiger partial charge >= 0.3 is 0 Å². The molecule has 0 amide bonds. The highest BCUT2D eigenvalue weighted by atomic mass is 35.5. The lowest BCUT2D eigenvalue weighted by molar-refractivity contribution is 0.117. The molecule has 2 heterocycles. The first-order valence-electron chi connectivity index (χ1n) is 9.32. The highest BCUT2D eigenvalue weighted by molar-refractivity contribution is 6.31. The van der Waals surface area contributed by atoms with Gasteiger partial charge in [-0.3, -0.25) is 14.3 Å². The number of hydrogen-bond donors (Lipinski definition) is 1. The van der Waals surface area contributed by atoms with Gasteiger partial charge in [-0.1, -0.05) is 24.9 Å². The Kier molecular flexibility index (Phi) is 6.27. The fourth-order valence-corrected chi connectivity index (χ4v) is 3.93. The average Bonchev–Trinajstić information content (AvgIpc) is 2.66. The molecule has 2 atom stereocenters. The third-order valence-electron chi connectivity index (χ3n) is 5.04. The maximum atomic E-state index is 13.2. The van der Waals surface area contributed by atoms with Crippen LogP contribution in [0.2, 0.25) is 5.02 Å². The zero-order valence-electron chi connectivity index (χ0n) is 15.3. The first-order chi connectivity index (χ1) is 12.6. The van der Waals surface area contributed by atoms with Gasteiger partial charge in [-0.2, -0.15) is 0 Å². The second-order valence-corrected chi connectivity index (χ2v) is 7.22. The third kappa shape index (κ3) is 3.77. The van der Waals surface area contributed by atoms with Gasteiger partial charge in [-0.15, -0.1) is 0 Å². The van der Waals surface area contributed by atoms with Gasteiger partial charge in [0.15, 0.2) is 0 Å². The first-order valence-corrected chi connectivity index (χ1v) is 9.70. The zero-order valence-corrected chi connectivity index (χ0v) is 16.1. The second-order valence-electron chi connectivity index (χ2n) is 6.79. The largest absolute Gasteiger partial charge is 0.309 e. The van der Waals surface area contributed by atoms with Crippen molar-refractivity contribution in [3.63, 3.8) is 0 Å². The number of nitrogens with one attached hydrogen (secondary N) is 1. The van der Waals surface area contributed by atoms with E-state index in [2.05, 4.69) is 17.1 Å². The zero-order chi connectivity index (χ0) is 18.7. The van der Waals surface area contributed by atoms with E-state index in [0.29, 0.717) is 29.0 Å². The molecule has 0 saturated carbocycles. The van der Waals surface area contributed by atoms with E-state index in [4.69, 9.17) is 16.6 Å². The smallest absolute Gasteiger partial charge is 0.261 e. The summed E-state index contributed by atoms with van der Waals surface area (Å²) in [5.41, 5.74) is 0.602. The van der Waals surface area contributed by atoms with E-state index in [0.717, 1.165) is 31.8 Å². The Hall–Kier alpha value is -1.50. The van der Waals surface area contributed by atoms with E-state index in [1.807, 2.05) is 6.92 Å². The van der Waals surface area contributed by atoms with Gasteiger partial charge in [0.1, 0.15) is 12.5 Å². The molecule has 7 heteroatoms. The second kappa shape index (κ2) is 8.46. The van der Waals surface area contributed by atoms with Crippen LogP contribution in [0.4, 0.5) is 4.39 Å². The molecule has 3 rings (SSSR count). The molecule has 1 N–H and O–H groups in total. The molecular weight excluding hydrogens is 355 g/mol. The lowest BCUT2D eigenvalue weighted by Gasteiger charge is -2.38. The molecule has 0 unspecified atom stereocenters.